The lowest BCUT2D eigenvalue weighted by Gasteiger charge is -2.15. The van der Waals surface area contributed by atoms with Gasteiger partial charge in [0.1, 0.15) is 6.54 Å². The molecule has 0 saturated carbocycles. The number of aromatic nitrogens is 1. The zero-order valence-electron chi connectivity index (χ0n) is 12.7. The Kier molecular flexibility index (Phi) is 5.03. The van der Waals surface area contributed by atoms with E-state index in [0.29, 0.717) is 12.1 Å². The van der Waals surface area contributed by atoms with E-state index in [1.54, 1.807) is 7.05 Å². The molecular weight excluding hydrogens is 327 g/mol. The van der Waals surface area contributed by atoms with Crippen molar-refractivity contribution < 1.29 is 23.0 Å². The zero-order chi connectivity index (χ0) is 17.9. The molecule has 0 amide bonds. The Hall–Kier alpha value is -2.68. The summed E-state index contributed by atoms with van der Waals surface area (Å²) in [5, 5.41) is 10.7. The summed E-state index contributed by atoms with van der Waals surface area (Å²) in [5.41, 5.74) is -0.637. The predicted octanol–water partition coefficient (Wildman–Crippen LogP) is 1.45. The molecular formula is C15H15F3N3O3+. The number of nitrogens with one attached hydrogen (secondary N) is 1. The molecule has 0 aliphatic rings. The van der Waals surface area contributed by atoms with E-state index >= 15 is 0 Å². The second-order valence-electron chi connectivity index (χ2n) is 5.44. The summed E-state index contributed by atoms with van der Waals surface area (Å²) in [4.78, 5) is 22.7. The summed E-state index contributed by atoms with van der Waals surface area (Å²) in [6, 6.07) is 7.00. The van der Waals surface area contributed by atoms with Crippen LogP contribution in [0.1, 0.15) is 11.1 Å². The largest absolute Gasteiger partial charge is 0.416 e. The Morgan fingerprint density at radius 3 is 2.33 bits per heavy atom. The molecule has 0 aliphatic heterocycles. The first kappa shape index (κ1) is 17.7. The van der Waals surface area contributed by atoms with E-state index in [1.165, 1.54) is 16.7 Å². The first-order chi connectivity index (χ1) is 11.2. The van der Waals surface area contributed by atoms with Crippen molar-refractivity contribution in [3.63, 3.8) is 0 Å². The molecule has 1 aromatic carbocycles. The Labute approximate surface area is 134 Å². The normalized spacial score (nSPS) is 12.8. The van der Waals surface area contributed by atoms with Gasteiger partial charge in [0.2, 0.25) is 0 Å². The number of quaternary nitrogens is 1. The van der Waals surface area contributed by atoms with Gasteiger partial charge in [0.05, 0.1) is 23.7 Å². The van der Waals surface area contributed by atoms with E-state index in [-0.39, 0.29) is 17.9 Å². The molecule has 128 valence electrons. The monoisotopic (exact) mass is 342 g/mol. The van der Waals surface area contributed by atoms with Gasteiger partial charge in [0.25, 0.3) is 11.2 Å². The molecule has 0 bridgehead atoms. The second kappa shape index (κ2) is 6.83. The number of hydrogen-bond donors (Lipinski definition) is 1. The van der Waals surface area contributed by atoms with Gasteiger partial charge in [0.15, 0.2) is 6.67 Å². The van der Waals surface area contributed by atoms with E-state index in [9.17, 15) is 28.1 Å². The van der Waals surface area contributed by atoms with Crippen molar-refractivity contribution in [3.05, 3.63) is 74.2 Å². The standard InChI is InChI=1S/C15H14F3N3O3/c1-19(8-11-2-4-12(5-3-11)15(16,17)18)10-20-9-13(21(23)24)6-7-14(20)22/h2-7,9H,8,10H2,1H3/p+1. The van der Waals surface area contributed by atoms with E-state index in [0.717, 1.165) is 35.4 Å². The van der Waals surface area contributed by atoms with Gasteiger partial charge >= 0.3 is 6.18 Å². The number of benzene rings is 1. The van der Waals surface area contributed by atoms with Crippen LogP contribution in [0.2, 0.25) is 0 Å². The van der Waals surface area contributed by atoms with Crippen LogP contribution in [-0.2, 0) is 19.4 Å². The maximum atomic E-state index is 12.5. The summed E-state index contributed by atoms with van der Waals surface area (Å²) in [6.45, 7) is 0.523. The van der Waals surface area contributed by atoms with Crippen molar-refractivity contribution in [2.45, 2.75) is 19.4 Å². The van der Waals surface area contributed by atoms with Crippen LogP contribution < -0.4 is 10.5 Å². The molecule has 0 aliphatic carbocycles. The molecule has 9 heteroatoms. The number of halogens is 3. The Balaban J connectivity index is 2.08. The summed E-state index contributed by atoms with van der Waals surface area (Å²) in [7, 11) is 1.74. The van der Waals surface area contributed by atoms with Crippen molar-refractivity contribution in [2.75, 3.05) is 7.05 Å². The van der Waals surface area contributed by atoms with Gasteiger partial charge in [-0.1, -0.05) is 12.1 Å². The number of nitro groups is 1. The van der Waals surface area contributed by atoms with Gasteiger partial charge < -0.3 is 4.90 Å². The van der Waals surface area contributed by atoms with Gasteiger partial charge in [-0.3, -0.25) is 19.5 Å². The molecule has 0 radical (unpaired) electrons. The number of rotatable bonds is 5. The highest BCUT2D eigenvalue weighted by Crippen LogP contribution is 2.28. The van der Waals surface area contributed by atoms with Gasteiger partial charge in [-0.25, -0.2) is 0 Å². The van der Waals surface area contributed by atoms with Gasteiger partial charge in [-0.2, -0.15) is 13.2 Å². The quantitative estimate of drug-likeness (QED) is 0.660. The molecule has 1 heterocycles. The highest BCUT2D eigenvalue weighted by Gasteiger charge is 2.30. The van der Waals surface area contributed by atoms with Crippen LogP contribution in [-0.4, -0.2) is 16.5 Å². The highest BCUT2D eigenvalue weighted by molar-refractivity contribution is 5.25. The minimum atomic E-state index is -4.38. The number of pyridine rings is 1. The SMILES string of the molecule is C[NH+](Cc1ccc(C(F)(F)F)cc1)Cn1cc([N+](=O)[O-])ccc1=O. The predicted molar refractivity (Wildman–Crippen MR) is 79.4 cm³/mol. The lowest BCUT2D eigenvalue weighted by atomic mass is 10.1. The lowest BCUT2D eigenvalue weighted by molar-refractivity contribution is -0.917. The van der Waals surface area contributed by atoms with E-state index in [2.05, 4.69) is 0 Å². The third-order valence-corrected chi connectivity index (χ3v) is 3.41. The molecule has 1 aromatic heterocycles. The van der Waals surface area contributed by atoms with Crippen LogP contribution in [0.25, 0.3) is 0 Å². The van der Waals surface area contributed by atoms with Crippen LogP contribution >= 0.6 is 0 Å². The van der Waals surface area contributed by atoms with E-state index in [1.807, 2.05) is 0 Å². The van der Waals surface area contributed by atoms with Gasteiger partial charge in [-0.15, -0.1) is 0 Å². The third kappa shape index (κ3) is 4.42. The van der Waals surface area contributed by atoms with E-state index in [4.69, 9.17) is 0 Å². The minimum Gasteiger partial charge on any atom is -0.316 e. The Morgan fingerprint density at radius 1 is 1.17 bits per heavy atom. The fourth-order valence-electron chi connectivity index (χ4n) is 2.26. The molecule has 2 aromatic rings. The maximum Gasteiger partial charge on any atom is 0.416 e. The molecule has 0 saturated heterocycles. The lowest BCUT2D eigenvalue weighted by Crippen LogP contribution is -3.07. The van der Waals surface area contributed by atoms with Crippen molar-refractivity contribution in [3.8, 4) is 0 Å². The van der Waals surface area contributed by atoms with Crippen molar-refractivity contribution in [1.29, 1.82) is 0 Å². The fraction of sp³-hybridized carbons (Fsp3) is 0.267. The second-order valence-corrected chi connectivity index (χ2v) is 5.44. The number of nitrogens with zero attached hydrogens (tertiary/aromatic N) is 2. The van der Waals surface area contributed by atoms with Gasteiger partial charge in [-0.05, 0) is 12.1 Å². The van der Waals surface area contributed by atoms with Crippen LogP contribution in [0, 0.1) is 10.1 Å². The molecule has 6 nitrogen and oxygen atoms in total. The topological polar surface area (TPSA) is 69.6 Å². The summed E-state index contributed by atoms with van der Waals surface area (Å²) < 4.78 is 38.8. The van der Waals surface area contributed by atoms with Crippen LogP contribution in [0.15, 0.2) is 47.4 Å². The molecule has 1 N–H and O–H groups in total. The molecule has 1 atom stereocenters. The summed E-state index contributed by atoms with van der Waals surface area (Å²) >= 11 is 0. The fourth-order valence-corrected chi connectivity index (χ4v) is 2.26. The summed E-state index contributed by atoms with van der Waals surface area (Å²) in [6.07, 6.45) is -3.23. The van der Waals surface area contributed by atoms with Crippen molar-refractivity contribution >= 4 is 5.69 Å². The first-order valence-corrected chi connectivity index (χ1v) is 6.99. The first-order valence-electron chi connectivity index (χ1n) is 6.99. The maximum absolute atomic E-state index is 12.5. The van der Waals surface area contributed by atoms with Crippen LogP contribution in [0.4, 0.5) is 18.9 Å². The summed E-state index contributed by atoms with van der Waals surface area (Å²) in [5.74, 6) is 0. The van der Waals surface area contributed by atoms with Gasteiger partial charge in [0, 0.05) is 17.7 Å². The van der Waals surface area contributed by atoms with Crippen LogP contribution in [0.3, 0.4) is 0 Å². The molecule has 0 fully saturated rings. The smallest absolute Gasteiger partial charge is 0.316 e. The average molecular weight is 342 g/mol. The molecule has 1 unspecified atom stereocenters. The highest BCUT2D eigenvalue weighted by atomic mass is 19.4. The Bertz CT molecular complexity index is 785. The minimum absolute atomic E-state index is 0.154. The van der Waals surface area contributed by atoms with Crippen molar-refractivity contribution in [1.82, 2.24) is 4.57 Å². The molecule has 0 spiro atoms. The van der Waals surface area contributed by atoms with Crippen molar-refractivity contribution in [2.24, 2.45) is 0 Å². The van der Waals surface area contributed by atoms with Crippen LogP contribution in [0.5, 0.6) is 0 Å². The molecule has 2 rings (SSSR count). The Morgan fingerprint density at radius 2 is 1.79 bits per heavy atom. The molecule has 24 heavy (non-hydrogen) atoms. The number of alkyl halides is 3. The zero-order valence-corrected chi connectivity index (χ0v) is 12.7. The van der Waals surface area contributed by atoms with E-state index < -0.39 is 16.7 Å². The third-order valence-electron chi connectivity index (χ3n) is 3.41. The average Bonchev–Trinajstić information content (AvgIpc) is 2.48. The number of hydrogen-bond acceptors (Lipinski definition) is 3.